The summed E-state index contributed by atoms with van der Waals surface area (Å²) in [5.74, 6) is 1.32. The number of halogens is 2. The second-order valence-electron chi connectivity index (χ2n) is 10.8. The van der Waals surface area contributed by atoms with Crippen molar-refractivity contribution < 1.29 is 9.26 Å². The van der Waals surface area contributed by atoms with E-state index in [1.165, 1.54) is 5.69 Å². The highest BCUT2D eigenvalue weighted by Gasteiger charge is 2.51. The molecule has 4 heterocycles. The van der Waals surface area contributed by atoms with Gasteiger partial charge in [-0.1, -0.05) is 28.4 Å². The zero-order valence-electron chi connectivity index (χ0n) is 20.1. The minimum absolute atomic E-state index is 0.125. The zero-order valence-corrected chi connectivity index (χ0v) is 21.6. The largest absolute Gasteiger partial charge is 0.370 e. The first-order valence-electron chi connectivity index (χ1n) is 12.7. The van der Waals surface area contributed by atoms with E-state index in [9.17, 15) is 0 Å². The molecule has 0 aromatic carbocycles. The summed E-state index contributed by atoms with van der Waals surface area (Å²) in [6.07, 6.45) is 13.6. The predicted octanol–water partition coefficient (Wildman–Crippen LogP) is 6.76. The van der Waals surface area contributed by atoms with Crippen LogP contribution in [0.4, 0.5) is 0 Å². The third-order valence-electron chi connectivity index (χ3n) is 8.68. The Hall–Kier alpha value is -2.48. The van der Waals surface area contributed by atoms with E-state index in [1.807, 2.05) is 17.9 Å². The number of pyridine rings is 2. The molecule has 4 aromatic rings. The minimum Gasteiger partial charge on any atom is -0.370 e. The molecule has 0 aliphatic heterocycles. The molecular formula is C27H27Cl2N5O2. The number of hydrogen-bond acceptors (Lipinski definition) is 6. The van der Waals surface area contributed by atoms with Crippen LogP contribution in [0.5, 0.6) is 0 Å². The molecule has 2 bridgehead atoms. The number of aryl methyl sites for hydroxylation is 1. The summed E-state index contributed by atoms with van der Waals surface area (Å²) in [4.78, 5) is 9.13. The molecule has 9 heteroatoms. The van der Waals surface area contributed by atoms with Gasteiger partial charge in [-0.15, -0.1) is 0 Å². The second-order valence-corrected chi connectivity index (χ2v) is 11.6. The molecule has 36 heavy (non-hydrogen) atoms. The molecular weight excluding hydrogens is 497 g/mol. The van der Waals surface area contributed by atoms with Crippen molar-refractivity contribution in [2.24, 2.45) is 7.05 Å². The molecule has 0 radical (unpaired) electrons. The lowest BCUT2D eigenvalue weighted by Crippen LogP contribution is -2.50. The summed E-state index contributed by atoms with van der Waals surface area (Å²) >= 11 is 13.0. The third kappa shape index (κ3) is 3.58. The Morgan fingerprint density at radius 2 is 1.75 bits per heavy atom. The molecule has 0 N–H and O–H groups in total. The van der Waals surface area contributed by atoms with Gasteiger partial charge >= 0.3 is 0 Å². The molecule has 0 spiro atoms. The Bertz CT molecular complexity index is 1430. The molecule has 4 fully saturated rings. The molecule has 8 rings (SSSR count). The van der Waals surface area contributed by atoms with E-state index in [2.05, 4.69) is 27.4 Å². The average molecular weight is 524 g/mol. The van der Waals surface area contributed by atoms with E-state index >= 15 is 0 Å². The number of hydrogen-bond donors (Lipinski definition) is 0. The number of aromatic nitrogens is 5. The van der Waals surface area contributed by atoms with Gasteiger partial charge in [0.2, 0.25) is 0 Å². The highest BCUT2D eigenvalue weighted by Crippen LogP contribution is 2.55. The van der Waals surface area contributed by atoms with Crippen molar-refractivity contribution in [3.63, 3.8) is 0 Å². The minimum atomic E-state index is -0.125. The Balaban J connectivity index is 1.13. The van der Waals surface area contributed by atoms with Gasteiger partial charge in [0.15, 0.2) is 5.65 Å². The fraction of sp³-hybridized carbons (Fsp3) is 0.481. The molecule has 7 nitrogen and oxygen atoms in total. The standard InChI is InChI=1S/C27H27Cl2N5O2/c1-34-25-17(12-31-34)4-5-21(32-25)26-6-9-27(10-7-26,11-8-26)35-15-18-23(33-36-24(18)16-2-3-16)22-19(28)13-30-14-20(22)29/h4-5,12-14,16H,2-3,6-11,15H2,1H3. The third-order valence-corrected chi connectivity index (χ3v) is 9.26. The lowest BCUT2D eigenvalue weighted by atomic mass is 9.57. The van der Waals surface area contributed by atoms with Crippen molar-refractivity contribution in [2.45, 2.75) is 74.9 Å². The summed E-state index contributed by atoms with van der Waals surface area (Å²) < 4.78 is 14.5. The lowest BCUT2D eigenvalue weighted by molar-refractivity contribution is -0.127. The number of rotatable bonds is 6. The van der Waals surface area contributed by atoms with Gasteiger partial charge in [0.05, 0.1) is 28.5 Å². The zero-order chi connectivity index (χ0) is 24.5. The Morgan fingerprint density at radius 3 is 2.44 bits per heavy atom. The van der Waals surface area contributed by atoms with Gasteiger partial charge in [-0.05, 0) is 63.5 Å². The van der Waals surface area contributed by atoms with Crippen molar-refractivity contribution >= 4 is 34.2 Å². The first-order chi connectivity index (χ1) is 17.5. The number of nitrogens with zero attached hydrogens (tertiary/aromatic N) is 5. The molecule has 4 aliphatic carbocycles. The Labute approximate surface area is 219 Å². The molecule has 0 amide bonds. The number of fused-ring (bicyclic) bond motifs is 4. The highest BCUT2D eigenvalue weighted by atomic mass is 35.5. The summed E-state index contributed by atoms with van der Waals surface area (Å²) in [6, 6.07) is 4.37. The normalized spacial score (nSPS) is 25.6. The maximum Gasteiger partial charge on any atom is 0.157 e. The quantitative estimate of drug-likeness (QED) is 0.277. The van der Waals surface area contributed by atoms with Crippen molar-refractivity contribution in [1.29, 1.82) is 0 Å². The predicted molar refractivity (Wildman–Crippen MR) is 137 cm³/mol. The summed E-state index contributed by atoms with van der Waals surface area (Å²) in [5, 5.41) is 10.8. The van der Waals surface area contributed by atoms with Gasteiger partial charge in [0, 0.05) is 53.0 Å². The Morgan fingerprint density at radius 1 is 1.03 bits per heavy atom. The van der Waals surface area contributed by atoms with Crippen LogP contribution in [0.3, 0.4) is 0 Å². The molecule has 0 saturated heterocycles. The summed E-state index contributed by atoms with van der Waals surface area (Å²) in [7, 11) is 1.96. The van der Waals surface area contributed by atoms with Crippen molar-refractivity contribution in [1.82, 2.24) is 24.9 Å². The van der Waals surface area contributed by atoms with Gasteiger partial charge in [-0.2, -0.15) is 5.10 Å². The van der Waals surface area contributed by atoms with Crippen LogP contribution in [0.1, 0.15) is 74.3 Å². The fourth-order valence-corrected chi connectivity index (χ4v) is 6.80. The first-order valence-corrected chi connectivity index (χ1v) is 13.4. The van der Waals surface area contributed by atoms with Crippen molar-refractivity contribution in [2.75, 3.05) is 0 Å². The highest BCUT2D eigenvalue weighted by molar-refractivity contribution is 6.38. The molecule has 4 aromatic heterocycles. The van der Waals surface area contributed by atoms with Gasteiger partial charge in [-0.3, -0.25) is 9.67 Å². The van der Waals surface area contributed by atoms with Crippen LogP contribution in [-0.2, 0) is 23.8 Å². The van der Waals surface area contributed by atoms with Crippen molar-refractivity contribution in [3.8, 4) is 11.3 Å². The second kappa shape index (κ2) is 8.27. The summed E-state index contributed by atoms with van der Waals surface area (Å²) in [5.41, 5.74) is 4.49. The number of ether oxygens (including phenoxy) is 1. The fourth-order valence-electron chi connectivity index (χ4n) is 6.26. The van der Waals surface area contributed by atoms with E-state index in [-0.39, 0.29) is 11.0 Å². The van der Waals surface area contributed by atoms with E-state index in [1.54, 1.807) is 12.4 Å². The molecule has 4 aliphatic rings. The maximum absolute atomic E-state index is 6.78. The van der Waals surface area contributed by atoms with E-state index < -0.39 is 0 Å². The van der Waals surface area contributed by atoms with Gasteiger partial charge in [0.1, 0.15) is 11.5 Å². The molecule has 186 valence electrons. The SMILES string of the molecule is Cn1ncc2ccc(C34CCC(OCc5c(-c6c(Cl)cncc6Cl)noc5C5CC5)(CC3)CC4)nc21. The summed E-state index contributed by atoms with van der Waals surface area (Å²) in [6.45, 7) is 0.450. The molecule has 0 atom stereocenters. The molecule has 4 saturated carbocycles. The maximum atomic E-state index is 6.78. The van der Waals surface area contributed by atoms with Gasteiger partial charge < -0.3 is 9.26 Å². The van der Waals surface area contributed by atoms with Crippen LogP contribution in [0.15, 0.2) is 35.2 Å². The smallest absolute Gasteiger partial charge is 0.157 e. The first kappa shape index (κ1) is 22.7. The van der Waals surface area contributed by atoms with E-state index in [0.29, 0.717) is 33.8 Å². The van der Waals surface area contributed by atoms with Crippen LogP contribution in [0.25, 0.3) is 22.3 Å². The van der Waals surface area contributed by atoms with Crippen LogP contribution >= 0.6 is 23.2 Å². The van der Waals surface area contributed by atoms with Gasteiger partial charge in [-0.25, -0.2) is 4.98 Å². The van der Waals surface area contributed by atoms with E-state index in [4.69, 9.17) is 37.4 Å². The van der Waals surface area contributed by atoms with E-state index in [0.717, 1.165) is 73.7 Å². The van der Waals surface area contributed by atoms with Gasteiger partial charge in [0.25, 0.3) is 0 Å². The topological polar surface area (TPSA) is 78.9 Å². The Kier molecular flexibility index (Phi) is 5.21. The monoisotopic (exact) mass is 523 g/mol. The molecule has 0 unspecified atom stereocenters. The average Bonchev–Trinajstić information content (AvgIpc) is 3.56. The van der Waals surface area contributed by atoms with Crippen LogP contribution in [0.2, 0.25) is 10.0 Å². The lowest BCUT2D eigenvalue weighted by Gasteiger charge is -2.52. The van der Waals surface area contributed by atoms with Crippen molar-refractivity contribution in [3.05, 3.63) is 57.8 Å². The van der Waals surface area contributed by atoms with Crippen LogP contribution in [-0.4, -0.2) is 30.5 Å². The van der Waals surface area contributed by atoms with Crippen LogP contribution in [0, 0.1) is 0 Å². The van der Waals surface area contributed by atoms with Crippen LogP contribution < -0.4 is 0 Å².